The Balaban J connectivity index is 2.57. The number of rotatable bonds is 17. The molecule has 0 radical (unpaired) electrons. The van der Waals surface area contributed by atoms with Gasteiger partial charge in [0.15, 0.2) is 0 Å². The predicted molar refractivity (Wildman–Crippen MR) is 171 cm³/mol. The summed E-state index contributed by atoms with van der Waals surface area (Å²) in [6, 6.07) is -0.868. The van der Waals surface area contributed by atoms with Gasteiger partial charge in [-0.25, -0.2) is 32.9 Å². The number of imide groups is 2. The van der Waals surface area contributed by atoms with Gasteiger partial charge in [-0.3, -0.25) is 19.4 Å². The number of nitrogens with zero attached hydrogens (tertiary/aromatic N) is 5. The van der Waals surface area contributed by atoms with Crippen LogP contribution < -0.4 is 17.1 Å². The van der Waals surface area contributed by atoms with Crippen LogP contribution in [0, 0.1) is 10.8 Å². The van der Waals surface area contributed by atoms with E-state index >= 15 is 0 Å². The predicted octanol–water partition coefficient (Wildman–Crippen LogP) is 2.47. The number of aliphatic hydroxyl groups is 2. The highest BCUT2D eigenvalue weighted by atomic mass is 16.3. The van der Waals surface area contributed by atoms with Gasteiger partial charge in [0, 0.05) is 5.54 Å². The second-order valence-corrected chi connectivity index (χ2v) is 12.8. The van der Waals surface area contributed by atoms with Gasteiger partial charge < -0.3 is 10.2 Å². The zero-order valence-corrected chi connectivity index (χ0v) is 28.3. The third-order valence-corrected chi connectivity index (χ3v) is 10.3. The van der Waals surface area contributed by atoms with Gasteiger partial charge in [0.05, 0.1) is 38.4 Å². The molecule has 2 N–H and O–H groups in total. The monoisotopic (exact) mass is 635 g/mol. The van der Waals surface area contributed by atoms with Gasteiger partial charge in [-0.05, 0) is 44.4 Å². The number of aromatic nitrogens is 3. The smallest absolute Gasteiger partial charge is 0.336 e. The average Bonchev–Trinajstić information content (AvgIpc) is 3.02. The summed E-state index contributed by atoms with van der Waals surface area (Å²) in [7, 11) is 0. The lowest BCUT2D eigenvalue weighted by Gasteiger charge is -2.50. The number of hydrogen-bond donors (Lipinski definition) is 2. The van der Waals surface area contributed by atoms with Crippen molar-refractivity contribution >= 4 is 17.8 Å². The molecule has 2 heterocycles. The van der Waals surface area contributed by atoms with E-state index < -0.39 is 71.2 Å². The first-order valence-corrected chi connectivity index (χ1v) is 16.1. The molecule has 1 aliphatic rings. The highest BCUT2D eigenvalue weighted by molar-refractivity contribution is 6.19. The zero-order valence-electron chi connectivity index (χ0n) is 28.3. The number of β-amino-alcohol motifs (C(OH)–C–C–N with tert-alkyl or cyclic N) is 1. The molecule has 2 unspecified atom stereocenters. The van der Waals surface area contributed by atoms with Crippen molar-refractivity contribution in [3.8, 4) is 0 Å². The fourth-order valence-corrected chi connectivity index (χ4v) is 6.06. The number of amides is 4. The fraction of sp³-hybridized carbons (Fsp3) is 0.750. The maximum Gasteiger partial charge on any atom is 0.336 e. The molecule has 0 aromatic carbocycles. The first-order chi connectivity index (χ1) is 21.0. The molecule has 0 aliphatic carbocycles. The summed E-state index contributed by atoms with van der Waals surface area (Å²) in [5.41, 5.74) is -5.59. The highest BCUT2D eigenvalue weighted by Gasteiger charge is 2.58. The van der Waals surface area contributed by atoms with Gasteiger partial charge in [0.2, 0.25) is 11.8 Å². The Kier molecular flexibility index (Phi) is 12.5. The quantitative estimate of drug-likeness (QED) is 0.195. The van der Waals surface area contributed by atoms with Crippen molar-refractivity contribution in [2.75, 3.05) is 6.54 Å². The van der Waals surface area contributed by atoms with Crippen LogP contribution in [0.15, 0.2) is 27.0 Å². The minimum absolute atomic E-state index is 0.134. The Bertz CT molecular complexity index is 1430. The van der Waals surface area contributed by atoms with Crippen molar-refractivity contribution in [2.45, 2.75) is 138 Å². The van der Waals surface area contributed by atoms with E-state index in [-0.39, 0.29) is 31.3 Å². The first kappa shape index (κ1) is 37.9. The number of carbonyl (C=O) groups excluding carboxylic acids is 3. The van der Waals surface area contributed by atoms with Crippen molar-refractivity contribution in [1.82, 2.24) is 23.5 Å². The van der Waals surface area contributed by atoms with Crippen molar-refractivity contribution in [3.63, 3.8) is 0 Å². The van der Waals surface area contributed by atoms with E-state index in [1.807, 2.05) is 34.6 Å². The third-order valence-electron chi connectivity index (χ3n) is 10.3. The van der Waals surface area contributed by atoms with E-state index in [1.165, 1.54) is 6.08 Å². The Morgan fingerprint density at radius 2 is 1.18 bits per heavy atom. The molecular weight excluding hydrogens is 582 g/mol. The minimum atomic E-state index is -1.60. The van der Waals surface area contributed by atoms with Crippen LogP contribution in [-0.4, -0.2) is 75.9 Å². The molecular formula is C32H53N5O8. The number of barbiturate groups is 1. The Labute approximate surface area is 265 Å². The summed E-state index contributed by atoms with van der Waals surface area (Å²) < 4.78 is 2.20. The molecule has 2 atom stereocenters. The van der Waals surface area contributed by atoms with Crippen molar-refractivity contribution in [2.24, 2.45) is 10.8 Å². The number of carbonyl (C=O) groups is 3. The van der Waals surface area contributed by atoms with Crippen LogP contribution in [0.3, 0.4) is 0 Å². The van der Waals surface area contributed by atoms with E-state index in [9.17, 15) is 39.0 Å². The molecule has 1 aromatic heterocycles. The van der Waals surface area contributed by atoms with E-state index in [1.54, 1.807) is 20.8 Å². The molecule has 0 saturated carbocycles. The molecule has 1 aliphatic heterocycles. The van der Waals surface area contributed by atoms with Crippen LogP contribution >= 0.6 is 0 Å². The van der Waals surface area contributed by atoms with Crippen LogP contribution in [0.5, 0.6) is 0 Å². The van der Waals surface area contributed by atoms with Gasteiger partial charge in [-0.1, -0.05) is 67.4 Å². The summed E-state index contributed by atoms with van der Waals surface area (Å²) in [6.07, 6.45) is 1.65. The van der Waals surface area contributed by atoms with Crippen LogP contribution in [-0.2, 0) is 29.2 Å². The largest absolute Gasteiger partial charge is 0.391 e. The Morgan fingerprint density at radius 3 is 1.60 bits per heavy atom. The lowest BCUT2D eigenvalue weighted by Crippen LogP contribution is -2.70. The SMILES string of the molecule is C=CCn1c(=O)n(CC(O)CN2C(=O)N(C(C)(CC)CC)C(=O)C(CC)(CC)C2=O)c(=O)n(CC(O)CC(C)(CC)CC)c1=O. The van der Waals surface area contributed by atoms with Gasteiger partial charge in [-0.15, -0.1) is 6.58 Å². The molecule has 2 rings (SSSR count). The van der Waals surface area contributed by atoms with Crippen LogP contribution in [0.2, 0.25) is 0 Å². The minimum Gasteiger partial charge on any atom is -0.391 e. The molecule has 1 aromatic rings. The fourth-order valence-electron chi connectivity index (χ4n) is 6.06. The van der Waals surface area contributed by atoms with E-state index in [4.69, 9.17) is 0 Å². The third kappa shape index (κ3) is 7.09. The van der Waals surface area contributed by atoms with Gasteiger partial charge in [-0.2, -0.15) is 0 Å². The average molecular weight is 636 g/mol. The van der Waals surface area contributed by atoms with Crippen molar-refractivity contribution in [3.05, 3.63) is 44.1 Å². The Morgan fingerprint density at radius 1 is 0.711 bits per heavy atom. The molecule has 1 fully saturated rings. The number of allylic oxidation sites excluding steroid dienone is 1. The topological polar surface area (TPSA) is 164 Å². The van der Waals surface area contributed by atoms with Crippen LogP contribution in [0.1, 0.15) is 100 Å². The molecule has 254 valence electrons. The maximum atomic E-state index is 13.8. The van der Waals surface area contributed by atoms with Crippen LogP contribution in [0.25, 0.3) is 0 Å². The summed E-state index contributed by atoms with van der Waals surface area (Å²) in [4.78, 5) is 83.2. The van der Waals surface area contributed by atoms with Crippen molar-refractivity contribution in [1.29, 1.82) is 0 Å². The molecule has 13 heteroatoms. The molecule has 0 bridgehead atoms. The van der Waals surface area contributed by atoms with Gasteiger partial charge in [0.25, 0.3) is 0 Å². The van der Waals surface area contributed by atoms with Crippen molar-refractivity contribution < 1.29 is 24.6 Å². The normalized spacial score (nSPS) is 17.2. The lowest BCUT2D eigenvalue weighted by atomic mass is 9.76. The van der Waals surface area contributed by atoms with Crippen LogP contribution in [0.4, 0.5) is 4.79 Å². The molecule has 4 amide bonds. The molecule has 13 nitrogen and oxygen atoms in total. The second-order valence-electron chi connectivity index (χ2n) is 12.8. The summed E-state index contributed by atoms with van der Waals surface area (Å²) in [6.45, 7) is 16.6. The van der Waals surface area contributed by atoms with E-state index in [0.29, 0.717) is 23.8 Å². The van der Waals surface area contributed by atoms with Gasteiger partial charge >= 0.3 is 23.1 Å². The number of urea groups is 1. The summed E-state index contributed by atoms with van der Waals surface area (Å²) in [5.74, 6) is -1.32. The molecule has 0 spiro atoms. The van der Waals surface area contributed by atoms with E-state index in [2.05, 4.69) is 6.58 Å². The van der Waals surface area contributed by atoms with Gasteiger partial charge in [0.1, 0.15) is 5.41 Å². The zero-order chi connectivity index (χ0) is 34.5. The first-order valence-electron chi connectivity index (χ1n) is 16.1. The number of aliphatic hydroxyl groups excluding tert-OH is 2. The highest BCUT2D eigenvalue weighted by Crippen LogP contribution is 2.40. The maximum absolute atomic E-state index is 13.8. The standard InChI is InChI=1S/C32H53N5O8/c1-10-17-33-26(42)35(19-22(38)18-30(8,11-2)12-3)28(44)36(27(33)43)21-23(39)20-34-24(40)32(15-6,16-7)25(41)37(29(34)45)31(9,13-4)14-5/h10,22-23,38-39H,1,11-21H2,2-9H3. The van der Waals surface area contributed by atoms with E-state index in [0.717, 1.165) is 31.8 Å². The summed E-state index contributed by atoms with van der Waals surface area (Å²) in [5, 5.41) is 22.0. The summed E-state index contributed by atoms with van der Waals surface area (Å²) >= 11 is 0. The Hall–Kier alpha value is -3.32. The second kappa shape index (κ2) is 14.8. The molecule has 45 heavy (non-hydrogen) atoms. The molecule has 1 saturated heterocycles. The number of hydrogen-bond acceptors (Lipinski definition) is 8. The lowest BCUT2D eigenvalue weighted by molar-refractivity contribution is -0.164.